The molecule has 0 bridgehead atoms. The predicted octanol–water partition coefficient (Wildman–Crippen LogP) is 3.04. The average molecular weight is 384 g/mol. The number of imidazole rings is 1. The lowest BCUT2D eigenvalue weighted by atomic mass is 10.1. The number of benzene rings is 2. The van der Waals surface area contributed by atoms with Gasteiger partial charge in [-0.15, -0.1) is 6.58 Å². The van der Waals surface area contributed by atoms with Crippen LogP contribution in [0.2, 0.25) is 0 Å². The van der Waals surface area contributed by atoms with Gasteiger partial charge in [0, 0.05) is 6.54 Å². The van der Waals surface area contributed by atoms with E-state index in [0.29, 0.717) is 17.8 Å². The van der Waals surface area contributed by atoms with Crippen LogP contribution in [0.4, 0.5) is 0 Å². The Morgan fingerprint density at radius 3 is 2.45 bits per heavy atom. The third-order valence-corrected chi connectivity index (χ3v) is 4.82. The lowest BCUT2D eigenvalue weighted by Crippen LogP contribution is -2.21. The maximum atomic E-state index is 13.0. The van der Waals surface area contributed by atoms with Gasteiger partial charge < -0.3 is 14.5 Å². The van der Waals surface area contributed by atoms with Crippen molar-refractivity contribution in [1.29, 1.82) is 0 Å². The number of para-hydroxylation sites is 2. The van der Waals surface area contributed by atoms with Crippen molar-refractivity contribution in [2.45, 2.75) is 13.5 Å². The Bertz CT molecular complexity index is 1290. The molecule has 2 aromatic carbocycles. The number of hydrogen-bond acceptors (Lipinski definition) is 4. The molecule has 0 atom stereocenters. The molecule has 0 aliphatic carbocycles. The molecular weight excluding hydrogens is 366 g/mol. The molecule has 0 saturated heterocycles. The van der Waals surface area contributed by atoms with Crippen molar-refractivity contribution in [1.82, 2.24) is 14.2 Å². The molecule has 0 aliphatic heterocycles. The van der Waals surface area contributed by atoms with Crippen LogP contribution in [0, 0.1) is 6.92 Å². The number of aryl methyl sites for hydroxylation is 1. The van der Waals surface area contributed by atoms with Gasteiger partial charge in [0.1, 0.15) is 5.65 Å². The second-order valence-corrected chi connectivity index (χ2v) is 6.69. The van der Waals surface area contributed by atoms with Crippen LogP contribution in [0.5, 0.6) is 0 Å². The standard InChI is InChI=1S/C23H19N3O3/c1-3-14-25-18-6-4-5-7-19(18)26-22(25)21(15(2)24-26)20(27)13-10-16-8-11-17(12-9-16)23(28)29/h3-13H,1,14H2,2H3,(H,28,29)/p-1/b13-10+. The zero-order valence-corrected chi connectivity index (χ0v) is 15.8. The van der Waals surface area contributed by atoms with Gasteiger partial charge in [-0.2, -0.15) is 5.10 Å². The largest absolute Gasteiger partial charge is 0.545 e. The zero-order valence-electron chi connectivity index (χ0n) is 15.8. The normalized spacial score (nSPS) is 11.5. The molecule has 2 aromatic heterocycles. The fraction of sp³-hybridized carbons (Fsp3) is 0.0870. The number of aromatic carboxylic acids is 1. The van der Waals surface area contributed by atoms with Crippen LogP contribution >= 0.6 is 0 Å². The monoisotopic (exact) mass is 384 g/mol. The van der Waals surface area contributed by atoms with Crippen molar-refractivity contribution in [3.63, 3.8) is 0 Å². The van der Waals surface area contributed by atoms with Gasteiger partial charge in [0.25, 0.3) is 0 Å². The van der Waals surface area contributed by atoms with Crippen LogP contribution in [-0.4, -0.2) is 25.9 Å². The van der Waals surface area contributed by atoms with E-state index in [9.17, 15) is 14.7 Å². The highest BCUT2D eigenvalue weighted by molar-refractivity contribution is 6.12. The summed E-state index contributed by atoms with van der Waals surface area (Å²) in [5.74, 6) is -1.40. The van der Waals surface area contributed by atoms with E-state index in [1.165, 1.54) is 18.2 Å². The van der Waals surface area contributed by atoms with Crippen LogP contribution in [-0.2, 0) is 6.54 Å². The van der Waals surface area contributed by atoms with Crippen LogP contribution in [0.3, 0.4) is 0 Å². The summed E-state index contributed by atoms with van der Waals surface area (Å²) in [6.45, 7) is 6.20. The Balaban J connectivity index is 1.78. The van der Waals surface area contributed by atoms with Gasteiger partial charge in [0.2, 0.25) is 0 Å². The molecule has 0 spiro atoms. The first kappa shape index (κ1) is 18.4. The van der Waals surface area contributed by atoms with Gasteiger partial charge in [-0.1, -0.05) is 48.6 Å². The van der Waals surface area contributed by atoms with E-state index in [0.717, 1.165) is 22.2 Å². The quantitative estimate of drug-likeness (QED) is 0.291. The fourth-order valence-corrected chi connectivity index (χ4v) is 3.51. The van der Waals surface area contributed by atoms with Crippen LogP contribution < -0.4 is 5.11 Å². The van der Waals surface area contributed by atoms with E-state index in [-0.39, 0.29) is 11.3 Å². The maximum absolute atomic E-state index is 13.0. The minimum atomic E-state index is -1.23. The summed E-state index contributed by atoms with van der Waals surface area (Å²) in [6.07, 6.45) is 4.93. The Kier molecular flexibility index (Phi) is 4.60. The number of fused-ring (bicyclic) bond motifs is 3. The smallest absolute Gasteiger partial charge is 0.191 e. The SMILES string of the molecule is C=CCn1c2ccccc2n2nc(C)c(C(=O)/C=C/c3ccc(C(=O)[O-])cc3)c12. The second kappa shape index (κ2) is 7.24. The summed E-state index contributed by atoms with van der Waals surface area (Å²) < 4.78 is 3.82. The number of nitrogens with zero attached hydrogens (tertiary/aromatic N) is 3. The number of hydrogen-bond donors (Lipinski definition) is 0. The van der Waals surface area contributed by atoms with Crippen molar-refractivity contribution in [3.05, 3.63) is 89.6 Å². The molecular formula is C23H18N3O3-. The lowest BCUT2D eigenvalue weighted by Gasteiger charge is -2.04. The number of carbonyl (C=O) groups excluding carboxylic acids is 2. The van der Waals surface area contributed by atoms with Crippen LogP contribution in [0.25, 0.3) is 22.8 Å². The van der Waals surface area contributed by atoms with Crippen molar-refractivity contribution in [2.75, 3.05) is 0 Å². The van der Waals surface area contributed by atoms with Crippen LogP contribution in [0.15, 0.2) is 67.3 Å². The first-order chi connectivity index (χ1) is 14.0. The first-order valence-electron chi connectivity index (χ1n) is 9.12. The Morgan fingerprint density at radius 1 is 1.10 bits per heavy atom. The highest BCUT2D eigenvalue weighted by atomic mass is 16.4. The third-order valence-electron chi connectivity index (χ3n) is 4.82. The molecule has 0 N–H and O–H groups in total. The summed E-state index contributed by atoms with van der Waals surface area (Å²) in [5, 5.41) is 15.4. The van der Waals surface area contributed by atoms with Crippen LogP contribution in [0.1, 0.15) is 32.0 Å². The first-order valence-corrected chi connectivity index (χ1v) is 9.12. The van der Waals surface area contributed by atoms with Gasteiger partial charge in [-0.25, -0.2) is 4.52 Å². The fourth-order valence-electron chi connectivity index (χ4n) is 3.51. The van der Waals surface area contributed by atoms with Crippen molar-refractivity contribution in [2.24, 2.45) is 0 Å². The molecule has 4 rings (SSSR count). The van der Waals surface area contributed by atoms with Gasteiger partial charge in [0.05, 0.1) is 28.3 Å². The minimum Gasteiger partial charge on any atom is -0.545 e. The molecule has 4 aromatic rings. The van der Waals surface area contributed by atoms with Gasteiger partial charge in [-0.05, 0) is 36.3 Å². The number of aromatic nitrogens is 3. The lowest BCUT2D eigenvalue weighted by molar-refractivity contribution is -0.255. The zero-order chi connectivity index (χ0) is 20.5. The van der Waals surface area contributed by atoms with Crippen molar-refractivity contribution >= 4 is 34.5 Å². The van der Waals surface area contributed by atoms with E-state index in [1.807, 2.05) is 35.8 Å². The highest BCUT2D eigenvalue weighted by Gasteiger charge is 2.21. The van der Waals surface area contributed by atoms with E-state index >= 15 is 0 Å². The molecule has 0 fully saturated rings. The number of allylic oxidation sites excluding steroid dienone is 2. The topological polar surface area (TPSA) is 79.4 Å². The van der Waals surface area contributed by atoms with E-state index in [1.54, 1.807) is 28.8 Å². The van der Waals surface area contributed by atoms with Gasteiger partial charge in [0.15, 0.2) is 5.78 Å². The highest BCUT2D eigenvalue weighted by Crippen LogP contribution is 2.26. The maximum Gasteiger partial charge on any atom is 0.191 e. The molecule has 0 aliphatic rings. The van der Waals surface area contributed by atoms with Crippen molar-refractivity contribution in [3.8, 4) is 0 Å². The van der Waals surface area contributed by atoms with E-state index < -0.39 is 5.97 Å². The van der Waals surface area contributed by atoms with E-state index in [4.69, 9.17) is 0 Å². The number of carbonyl (C=O) groups is 2. The molecule has 0 saturated carbocycles. The van der Waals surface area contributed by atoms with Gasteiger partial charge in [-0.3, -0.25) is 4.79 Å². The summed E-state index contributed by atoms with van der Waals surface area (Å²) in [7, 11) is 0. The predicted molar refractivity (Wildman–Crippen MR) is 110 cm³/mol. The Hall–Kier alpha value is -3.93. The molecule has 6 heteroatoms. The van der Waals surface area contributed by atoms with E-state index in [2.05, 4.69) is 11.7 Å². The summed E-state index contributed by atoms with van der Waals surface area (Å²) in [4.78, 5) is 23.9. The average Bonchev–Trinajstić information content (AvgIpc) is 3.21. The minimum absolute atomic E-state index is 0.0941. The molecule has 6 nitrogen and oxygen atoms in total. The van der Waals surface area contributed by atoms with Crippen molar-refractivity contribution < 1.29 is 14.7 Å². The summed E-state index contributed by atoms with van der Waals surface area (Å²) in [5.41, 5.74) is 4.62. The Labute approximate surface area is 167 Å². The summed E-state index contributed by atoms with van der Waals surface area (Å²) >= 11 is 0. The molecule has 2 heterocycles. The number of carboxylic acid groups (broad SMARTS) is 1. The second-order valence-electron chi connectivity index (χ2n) is 6.69. The Morgan fingerprint density at radius 2 is 1.79 bits per heavy atom. The molecule has 0 unspecified atom stereocenters. The molecule has 0 amide bonds. The third kappa shape index (κ3) is 3.14. The number of rotatable bonds is 6. The summed E-state index contributed by atoms with van der Waals surface area (Å²) in [6, 6.07) is 14.0. The molecule has 0 radical (unpaired) electrons. The number of ketones is 1. The number of carboxylic acids is 1. The molecule has 144 valence electrons. The van der Waals surface area contributed by atoms with Gasteiger partial charge >= 0.3 is 0 Å². The molecule has 29 heavy (non-hydrogen) atoms.